The van der Waals surface area contributed by atoms with Gasteiger partial charge in [-0.25, -0.2) is 4.68 Å². The highest BCUT2D eigenvalue weighted by atomic mass is 15.5. The van der Waals surface area contributed by atoms with Crippen molar-refractivity contribution >= 4 is 0 Å². The van der Waals surface area contributed by atoms with Crippen molar-refractivity contribution in [3.05, 3.63) is 36.2 Å². The zero-order valence-electron chi connectivity index (χ0n) is 12.6. The highest BCUT2D eigenvalue weighted by Crippen LogP contribution is 2.19. The van der Waals surface area contributed by atoms with Crippen molar-refractivity contribution in [1.82, 2.24) is 30.4 Å². The molecule has 1 unspecified atom stereocenters. The molecule has 0 saturated carbocycles. The van der Waals surface area contributed by atoms with E-state index in [1.165, 1.54) is 31.5 Å². The Morgan fingerprint density at radius 2 is 2.10 bits per heavy atom. The Kier molecular flexibility index (Phi) is 4.26. The Balaban J connectivity index is 1.67. The van der Waals surface area contributed by atoms with Gasteiger partial charge >= 0.3 is 0 Å². The quantitative estimate of drug-likeness (QED) is 0.921. The Bertz CT molecular complexity index is 559. The number of hydrogen-bond acceptors (Lipinski definition) is 5. The summed E-state index contributed by atoms with van der Waals surface area (Å²) in [5.41, 5.74) is 2.26. The van der Waals surface area contributed by atoms with Gasteiger partial charge in [0, 0.05) is 12.1 Å². The molecule has 6 heteroatoms. The average Bonchev–Trinajstić information content (AvgIpc) is 3.04. The Hall–Kier alpha value is -1.79. The van der Waals surface area contributed by atoms with E-state index in [1.807, 2.05) is 6.07 Å². The van der Waals surface area contributed by atoms with Gasteiger partial charge in [0.15, 0.2) is 0 Å². The van der Waals surface area contributed by atoms with Gasteiger partial charge in [0.2, 0.25) is 0 Å². The number of aromatic nitrogens is 4. The summed E-state index contributed by atoms with van der Waals surface area (Å²) in [4.78, 5) is 2.39. The molecule has 1 atom stereocenters. The zero-order chi connectivity index (χ0) is 14.7. The van der Waals surface area contributed by atoms with Crippen molar-refractivity contribution in [2.45, 2.75) is 31.8 Å². The van der Waals surface area contributed by atoms with Crippen molar-refractivity contribution in [2.24, 2.45) is 0 Å². The first kappa shape index (κ1) is 14.2. The van der Waals surface area contributed by atoms with Gasteiger partial charge in [-0.15, -0.1) is 5.10 Å². The highest BCUT2D eigenvalue weighted by Gasteiger charge is 2.18. The molecule has 112 valence electrons. The van der Waals surface area contributed by atoms with Gasteiger partial charge < -0.3 is 10.2 Å². The monoisotopic (exact) mass is 286 g/mol. The van der Waals surface area contributed by atoms with E-state index in [4.69, 9.17) is 0 Å². The lowest BCUT2D eigenvalue weighted by Crippen LogP contribution is -2.41. The van der Waals surface area contributed by atoms with E-state index >= 15 is 0 Å². The molecule has 1 aromatic carbocycles. The molecule has 0 amide bonds. The van der Waals surface area contributed by atoms with Crippen LogP contribution < -0.4 is 5.32 Å². The third-order valence-corrected chi connectivity index (χ3v) is 4.19. The van der Waals surface area contributed by atoms with Gasteiger partial charge in [0.1, 0.15) is 6.33 Å². The maximum atomic E-state index is 3.94. The molecular formula is C15H22N6. The molecule has 21 heavy (non-hydrogen) atoms. The van der Waals surface area contributed by atoms with E-state index in [1.54, 1.807) is 11.0 Å². The van der Waals surface area contributed by atoms with Crippen molar-refractivity contribution in [3.8, 4) is 5.69 Å². The van der Waals surface area contributed by atoms with Gasteiger partial charge in [-0.2, -0.15) is 0 Å². The van der Waals surface area contributed by atoms with Crippen molar-refractivity contribution < 1.29 is 0 Å². The lowest BCUT2D eigenvalue weighted by molar-refractivity contribution is 0.226. The molecule has 1 aliphatic rings. The van der Waals surface area contributed by atoms with E-state index in [0.29, 0.717) is 12.1 Å². The topological polar surface area (TPSA) is 58.9 Å². The summed E-state index contributed by atoms with van der Waals surface area (Å²) in [7, 11) is 2.19. The van der Waals surface area contributed by atoms with E-state index < -0.39 is 0 Å². The van der Waals surface area contributed by atoms with E-state index in [-0.39, 0.29) is 0 Å². The molecule has 3 rings (SSSR count). The van der Waals surface area contributed by atoms with Gasteiger partial charge in [-0.1, -0.05) is 12.1 Å². The van der Waals surface area contributed by atoms with Crippen LogP contribution in [-0.2, 0) is 0 Å². The number of nitrogens with zero attached hydrogens (tertiary/aromatic N) is 5. The maximum Gasteiger partial charge on any atom is 0.143 e. The highest BCUT2D eigenvalue weighted by molar-refractivity contribution is 5.35. The predicted octanol–water partition coefficient (Wildman–Crippen LogP) is 1.41. The van der Waals surface area contributed by atoms with Crippen LogP contribution in [0.25, 0.3) is 5.69 Å². The molecule has 0 aliphatic carbocycles. The molecule has 0 bridgehead atoms. The van der Waals surface area contributed by atoms with Crippen LogP contribution in [0.1, 0.15) is 31.4 Å². The van der Waals surface area contributed by atoms with E-state index in [2.05, 4.69) is 57.9 Å². The molecule has 1 aromatic heterocycles. The summed E-state index contributed by atoms with van der Waals surface area (Å²) in [6.07, 6.45) is 4.05. The second-order valence-corrected chi connectivity index (χ2v) is 5.82. The standard InChI is InChI=1S/C15H22N6/c1-12(17-14-6-8-20(2)9-7-14)13-4-3-5-15(10-13)21-11-16-18-19-21/h3-5,10-12,14,17H,6-9H2,1-2H3. The fourth-order valence-corrected chi connectivity index (χ4v) is 2.84. The van der Waals surface area contributed by atoms with E-state index in [9.17, 15) is 0 Å². The van der Waals surface area contributed by atoms with Crippen LogP contribution in [0.4, 0.5) is 0 Å². The Morgan fingerprint density at radius 1 is 1.29 bits per heavy atom. The third kappa shape index (κ3) is 3.46. The number of piperidine rings is 1. The smallest absolute Gasteiger partial charge is 0.143 e. The van der Waals surface area contributed by atoms with Crippen molar-refractivity contribution in [3.63, 3.8) is 0 Å². The molecule has 6 nitrogen and oxygen atoms in total. The summed E-state index contributed by atoms with van der Waals surface area (Å²) in [6, 6.07) is 9.30. The lowest BCUT2D eigenvalue weighted by Gasteiger charge is -2.31. The number of tetrazole rings is 1. The van der Waals surface area contributed by atoms with Gasteiger partial charge in [-0.05, 0) is 68.0 Å². The van der Waals surface area contributed by atoms with Crippen LogP contribution in [0, 0.1) is 0 Å². The third-order valence-electron chi connectivity index (χ3n) is 4.19. The van der Waals surface area contributed by atoms with Crippen LogP contribution in [-0.4, -0.2) is 51.3 Å². The minimum atomic E-state index is 0.329. The molecule has 2 aromatic rings. The summed E-state index contributed by atoms with van der Waals surface area (Å²) in [5.74, 6) is 0. The van der Waals surface area contributed by atoms with Crippen LogP contribution in [0.5, 0.6) is 0 Å². The first-order chi connectivity index (χ1) is 10.2. The fourth-order valence-electron chi connectivity index (χ4n) is 2.84. The first-order valence-electron chi connectivity index (χ1n) is 7.50. The second-order valence-electron chi connectivity index (χ2n) is 5.82. The average molecular weight is 286 g/mol. The summed E-state index contributed by atoms with van der Waals surface area (Å²) in [5, 5.41) is 15.1. The van der Waals surface area contributed by atoms with Crippen LogP contribution >= 0.6 is 0 Å². The lowest BCUT2D eigenvalue weighted by atomic mass is 10.0. The molecule has 0 radical (unpaired) electrons. The van der Waals surface area contributed by atoms with Crippen molar-refractivity contribution in [1.29, 1.82) is 0 Å². The van der Waals surface area contributed by atoms with Crippen molar-refractivity contribution in [2.75, 3.05) is 20.1 Å². The van der Waals surface area contributed by atoms with Crippen LogP contribution in [0.15, 0.2) is 30.6 Å². The summed E-state index contributed by atoms with van der Waals surface area (Å²) >= 11 is 0. The summed E-state index contributed by atoms with van der Waals surface area (Å²) in [6.45, 7) is 4.57. The number of rotatable bonds is 4. The Labute approximate surface area is 125 Å². The maximum absolute atomic E-state index is 3.94. The molecule has 1 fully saturated rings. The molecule has 1 N–H and O–H groups in total. The summed E-state index contributed by atoms with van der Waals surface area (Å²) < 4.78 is 1.69. The second kappa shape index (κ2) is 6.32. The molecule has 1 aliphatic heterocycles. The normalized spacial score (nSPS) is 18.8. The minimum absolute atomic E-state index is 0.329. The van der Waals surface area contributed by atoms with Crippen LogP contribution in [0.2, 0.25) is 0 Å². The predicted molar refractivity (Wildman–Crippen MR) is 81.2 cm³/mol. The minimum Gasteiger partial charge on any atom is -0.307 e. The molecular weight excluding hydrogens is 264 g/mol. The van der Waals surface area contributed by atoms with Crippen LogP contribution in [0.3, 0.4) is 0 Å². The van der Waals surface area contributed by atoms with Gasteiger partial charge in [-0.3, -0.25) is 0 Å². The zero-order valence-corrected chi connectivity index (χ0v) is 12.6. The van der Waals surface area contributed by atoms with E-state index in [0.717, 1.165) is 5.69 Å². The largest absolute Gasteiger partial charge is 0.307 e. The number of likely N-dealkylation sites (tertiary alicyclic amines) is 1. The SMILES string of the molecule is CC(NC1CCN(C)CC1)c1cccc(-n2cnnn2)c1. The fraction of sp³-hybridized carbons (Fsp3) is 0.533. The molecule has 0 spiro atoms. The van der Waals surface area contributed by atoms with Gasteiger partial charge in [0.05, 0.1) is 5.69 Å². The Morgan fingerprint density at radius 3 is 2.81 bits per heavy atom. The first-order valence-corrected chi connectivity index (χ1v) is 7.50. The van der Waals surface area contributed by atoms with Gasteiger partial charge in [0.25, 0.3) is 0 Å². The molecule has 2 heterocycles. The number of nitrogens with one attached hydrogen (secondary N) is 1. The number of hydrogen-bond donors (Lipinski definition) is 1. The number of benzene rings is 1. The molecule has 1 saturated heterocycles.